The molecule has 2 amide bonds. The fourth-order valence-electron chi connectivity index (χ4n) is 2.92. The minimum absolute atomic E-state index is 0.0672. The molecule has 0 aliphatic carbocycles. The molecule has 0 saturated heterocycles. The van der Waals surface area contributed by atoms with Gasteiger partial charge in [-0.3, -0.25) is 14.9 Å². The monoisotopic (exact) mass is 469 g/mol. The summed E-state index contributed by atoms with van der Waals surface area (Å²) in [6.45, 7) is 0. The van der Waals surface area contributed by atoms with Crippen LogP contribution in [0.5, 0.6) is 11.5 Å². The number of carbonyl (C=O) groups is 2. The minimum atomic E-state index is -0.486. The molecule has 0 saturated carbocycles. The van der Waals surface area contributed by atoms with Crippen LogP contribution in [0.25, 0.3) is 0 Å². The second-order valence-corrected chi connectivity index (χ2v) is 7.28. The highest BCUT2D eigenvalue weighted by Crippen LogP contribution is 2.28. The lowest BCUT2D eigenvalue weighted by Gasteiger charge is -2.14. The molecular weight excluding hydrogens is 450 g/mol. The number of amides is 2. The maximum Gasteiger partial charge on any atom is 0.264 e. The van der Waals surface area contributed by atoms with Crippen molar-refractivity contribution in [1.82, 2.24) is 5.32 Å². The number of nitrogens with one attached hydrogen (secondary N) is 3. The molecule has 0 atom stereocenters. The number of thiocarbonyl (C=S) groups is 1. The lowest BCUT2D eigenvalue weighted by molar-refractivity contribution is 0.0970. The number of halogens is 1. The van der Waals surface area contributed by atoms with E-state index in [1.54, 1.807) is 66.7 Å². The Morgan fingerprint density at radius 3 is 2.03 bits per heavy atom. The molecule has 32 heavy (non-hydrogen) atoms. The molecule has 0 aromatic heterocycles. The van der Waals surface area contributed by atoms with E-state index >= 15 is 0 Å². The highest BCUT2D eigenvalue weighted by atomic mass is 35.5. The van der Waals surface area contributed by atoms with E-state index in [1.165, 1.54) is 14.2 Å². The molecular formula is C23H20ClN3O4S. The zero-order valence-electron chi connectivity index (χ0n) is 17.3. The lowest BCUT2D eigenvalue weighted by Crippen LogP contribution is -2.34. The smallest absolute Gasteiger partial charge is 0.264 e. The van der Waals surface area contributed by atoms with Crippen molar-refractivity contribution in [2.45, 2.75) is 0 Å². The number of anilines is 2. The van der Waals surface area contributed by atoms with E-state index in [9.17, 15) is 9.59 Å². The van der Waals surface area contributed by atoms with E-state index in [-0.39, 0.29) is 16.6 Å². The third-order valence-corrected chi connectivity index (χ3v) is 4.91. The van der Waals surface area contributed by atoms with Gasteiger partial charge in [0.15, 0.2) is 5.11 Å². The predicted octanol–water partition coefficient (Wildman–Crippen LogP) is 4.74. The summed E-state index contributed by atoms with van der Waals surface area (Å²) in [5, 5.41) is 8.73. The Hall–Kier alpha value is -3.62. The van der Waals surface area contributed by atoms with Gasteiger partial charge in [-0.05, 0) is 54.7 Å². The molecule has 3 rings (SSSR count). The number of methoxy groups -OCH3 is 2. The molecule has 0 unspecified atom stereocenters. The molecule has 0 heterocycles. The van der Waals surface area contributed by atoms with Crippen LogP contribution in [0.3, 0.4) is 0 Å². The molecule has 3 aromatic carbocycles. The Kier molecular flexibility index (Phi) is 7.64. The highest BCUT2D eigenvalue weighted by Gasteiger charge is 2.19. The quantitative estimate of drug-likeness (QED) is 0.452. The zero-order valence-corrected chi connectivity index (χ0v) is 18.8. The van der Waals surface area contributed by atoms with E-state index in [4.69, 9.17) is 33.3 Å². The number of rotatable bonds is 6. The van der Waals surface area contributed by atoms with Crippen LogP contribution >= 0.6 is 23.8 Å². The average molecular weight is 470 g/mol. The van der Waals surface area contributed by atoms with Gasteiger partial charge in [0, 0.05) is 11.4 Å². The van der Waals surface area contributed by atoms with Crippen molar-refractivity contribution >= 4 is 52.1 Å². The third-order valence-electron chi connectivity index (χ3n) is 4.38. The van der Waals surface area contributed by atoms with Gasteiger partial charge in [-0.1, -0.05) is 35.9 Å². The second kappa shape index (κ2) is 10.6. The van der Waals surface area contributed by atoms with E-state index in [2.05, 4.69) is 16.0 Å². The van der Waals surface area contributed by atoms with Crippen LogP contribution < -0.4 is 25.4 Å². The standard InChI is InChI=1S/C23H20ClN3O4S/c1-30-18-11-6-12-19(31-2)20(18)22(29)27-23(32)26-15-8-5-7-14(13-15)25-21(28)16-9-3-4-10-17(16)24/h3-13H,1-2H3,(H,25,28)(H2,26,27,29,32). The van der Waals surface area contributed by atoms with E-state index in [1.807, 2.05) is 0 Å². The lowest BCUT2D eigenvalue weighted by atomic mass is 10.1. The first-order chi connectivity index (χ1) is 15.4. The van der Waals surface area contributed by atoms with Crippen LogP contribution in [0.4, 0.5) is 11.4 Å². The maximum absolute atomic E-state index is 12.7. The van der Waals surface area contributed by atoms with Gasteiger partial charge >= 0.3 is 0 Å². The molecule has 9 heteroatoms. The predicted molar refractivity (Wildman–Crippen MR) is 129 cm³/mol. The van der Waals surface area contributed by atoms with Gasteiger partial charge in [0.25, 0.3) is 11.8 Å². The van der Waals surface area contributed by atoms with Crippen molar-refractivity contribution in [3.8, 4) is 11.5 Å². The van der Waals surface area contributed by atoms with Gasteiger partial charge in [0.1, 0.15) is 17.1 Å². The first-order valence-corrected chi connectivity index (χ1v) is 10.2. The molecule has 7 nitrogen and oxygen atoms in total. The number of hydrogen-bond acceptors (Lipinski definition) is 5. The SMILES string of the molecule is COc1cccc(OC)c1C(=O)NC(=S)Nc1cccc(NC(=O)c2ccccc2Cl)c1. The Balaban J connectivity index is 1.68. The van der Waals surface area contributed by atoms with Crippen LogP contribution in [0, 0.1) is 0 Å². The Labute approximate surface area is 195 Å². The first-order valence-electron chi connectivity index (χ1n) is 9.42. The summed E-state index contributed by atoms with van der Waals surface area (Å²) in [7, 11) is 2.93. The first kappa shape index (κ1) is 23.1. The van der Waals surface area contributed by atoms with Crippen molar-refractivity contribution < 1.29 is 19.1 Å². The van der Waals surface area contributed by atoms with Gasteiger partial charge in [0.2, 0.25) is 0 Å². The molecule has 3 N–H and O–H groups in total. The van der Waals surface area contributed by atoms with Crippen molar-refractivity contribution in [1.29, 1.82) is 0 Å². The Morgan fingerprint density at radius 1 is 0.812 bits per heavy atom. The normalized spacial score (nSPS) is 10.1. The average Bonchev–Trinajstić information content (AvgIpc) is 2.78. The molecule has 0 spiro atoms. The molecule has 0 aliphatic rings. The van der Waals surface area contributed by atoms with Gasteiger partial charge in [0.05, 0.1) is 24.8 Å². The summed E-state index contributed by atoms with van der Waals surface area (Å²) < 4.78 is 10.5. The van der Waals surface area contributed by atoms with Crippen LogP contribution in [0.2, 0.25) is 5.02 Å². The molecule has 0 radical (unpaired) electrons. The molecule has 0 aliphatic heterocycles. The van der Waals surface area contributed by atoms with Gasteiger partial charge in [-0.25, -0.2) is 0 Å². The Morgan fingerprint density at radius 2 is 1.41 bits per heavy atom. The van der Waals surface area contributed by atoms with Crippen LogP contribution in [0.1, 0.15) is 20.7 Å². The summed E-state index contributed by atoms with van der Waals surface area (Å²) >= 11 is 11.3. The molecule has 0 bridgehead atoms. The summed E-state index contributed by atoms with van der Waals surface area (Å²) in [6.07, 6.45) is 0. The fourth-order valence-corrected chi connectivity index (χ4v) is 3.35. The molecule has 0 fully saturated rings. The second-order valence-electron chi connectivity index (χ2n) is 6.46. The third kappa shape index (κ3) is 5.54. The Bertz CT molecular complexity index is 1150. The van der Waals surface area contributed by atoms with Crippen molar-refractivity contribution in [3.05, 3.63) is 82.9 Å². The number of hydrogen-bond donors (Lipinski definition) is 3. The number of ether oxygens (including phenoxy) is 2. The van der Waals surface area contributed by atoms with Gasteiger partial charge < -0.3 is 20.1 Å². The van der Waals surface area contributed by atoms with E-state index < -0.39 is 5.91 Å². The van der Waals surface area contributed by atoms with Gasteiger partial charge in [-0.15, -0.1) is 0 Å². The van der Waals surface area contributed by atoms with Crippen molar-refractivity contribution in [2.24, 2.45) is 0 Å². The summed E-state index contributed by atoms with van der Waals surface area (Å²) in [6, 6.07) is 18.7. The van der Waals surface area contributed by atoms with Crippen LogP contribution in [0.15, 0.2) is 66.7 Å². The largest absolute Gasteiger partial charge is 0.496 e. The maximum atomic E-state index is 12.7. The van der Waals surface area contributed by atoms with E-state index in [0.29, 0.717) is 33.5 Å². The summed E-state index contributed by atoms with van der Waals surface area (Å²) in [4.78, 5) is 25.2. The fraction of sp³-hybridized carbons (Fsp3) is 0.0870. The van der Waals surface area contributed by atoms with Crippen molar-refractivity contribution in [2.75, 3.05) is 24.9 Å². The van der Waals surface area contributed by atoms with Crippen LogP contribution in [-0.4, -0.2) is 31.1 Å². The number of carbonyl (C=O) groups excluding carboxylic acids is 2. The topological polar surface area (TPSA) is 88.7 Å². The highest BCUT2D eigenvalue weighted by molar-refractivity contribution is 7.80. The summed E-state index contributed by atoms with van der Waals surface area (Å²) in [5.41, 5.74) is 1.68. The molecule has 3 aromatic rings. The number of benzene rings is 3. The summed E-state index contributed by atoms with van der Waals surface area (Å²) in [5.74, 6) is -0.116. The van der Waals surface area contributed by atoms with Crippen LogP contribution in [-0.2, 0) is 0 Å². The van der Waals surface area contributed by atoms with Gasteiger partial charge in [-0.2, -0.15) is 0 Å². The molecule has 164 valence electrons. The van der Waals surface area contributed by atoms with E-state index in [0.717, 1.165) is 0 Å². The minimum Gasteiger partial charge on any atom is -0.496 e. The zero-order chi connectivity index (χ0) is 23.1. The van der Waals surface area contributed by atoms with Crippen molar-refractivity contribution in [3.63, 3.8) is 0 Å².